The van der Waals surface area contributed by atoms with Crippen molar-refractivity contribution in [1.82, 2.24) is 20.9 Å². The number of rotatable bonds is 19. The average molecular weight is 1390 g/mol. The molecular weight excluding hydrogens is 1310 g/mol. The molecule has 0 unspecified atom stereocenters. The van der Waals surface area contributed by atoms with Crippen LogP contribution in [0, 0.1) is 47.7 Å². The van der Waals surface area contributed by atoms with E-state index in [9.17, 15) is 69.5 Å². The Morgan fingerprint density at radius 3 is 1.43 bits per heavy atom. The Labute approximate surface area is 561 Å². The summed E-state index contributed by atoms with van der Waals surface area (Å²) in [4.78, 5) is 114. The Kier molecular flexibility index (Phi) is 33.7. The predicted octanol–water partition coefficient (Wildman–Crippen LogP) is 10.3. The van der Waals surface area contributed by atoms with E-state index in [-0.39, 0.29) is 128 Å². The summed E-state index contributed by atoms with van der Waals surface area (Å²) in [5.74, 6) is -8.00. The van der Waals surface area contributed by atoms with Crippen molar-refractivity contribution in [3.8, 4) is 0 Å². The number of nitrogens with one attached hydrogen (secondary N) is 3. The number of amides is 4. The lowest BCUT2D eigenvalue weighted by molar-refractivity contribution is -0.141. The molecule has 1 spiro atoms. The van der Waals surface area contributed by atoms with Crippen LogP contribution in [0.4, 0.5) is 42.1 Å². The molecule has 2 aliphatic rings. The van der Waals surface area contributed by atoms with Crippen LogP contribution in [-0.2, 0) is 57.4 Å². The molecule has 9 N–H and O–H groups in total. The highest BCUT2D eigenvalue weighted by atomic mass is 35.5. The molecule has 97 heavy (non-hydrogen) atoms. The molecule has 524 valence electrons. The highest BCUT2D eigenvalue weighted by Crippen LogP contribution is 2.47. The van der Waals surface area contributed by atoms with E-state index in [1.165, 1.54) is 80.8 Å². The Morgan fingerprint density at radius 1 is 0.629 bits per heavy atom. The molecule has 1 heterocycles. The van der Waals surface area contributed by atoms with Crippen molar-refractivity contribution >= 4 is 83.0 Å². The van der Waals surface area contributed by atoms with Gasteiger partial charge in [-0.25, -0.2) is 32.0 Å². The van der Waals surface area contributed by atoms with Gasteiger partial charge in [0.15, 0.2) is 0 Å². The van der Waals surface area contributed by atoms with E-state index in [0.717, 1.165) is 55.3 Å². The number of nitrogens with zero attached hydrogens (tertiary/aromatic N) is 4. The van der Waals surface area contributed by atoms with Crippen molar-refractivity contribution < 1.29 is 99.7 Å². The summed E-state index contributed by atoms with van der Waals surface area (Å²) >= 11 is 0. The molecule has 7 rings (SSSR count). The minimum Gasteiger partial charge on any atom is -0.481 e. The molecule has 1 aliphatic carbocycles. The molecule has 1 aliphatic heterocycles. The summed E-state index contributed by atoms with van der Waals surface area (Å²) in [6, 6.07) is 19.1. The van der Waals surface area contributed by atoms with Crippen molar-refractivity contribution in [3.63, 3.8) is 0 Å². The van der Waals surface area contributed by atoms with E-state index >= 15 is 4.39 Å². The fourth-order valence-electron chi connectivity index (χ4n) is 9.09. The minimum absolute atomic E-state index is 0. The lowest BCUT2D eigenvalue weighted by Crippen LogP contribution is -2.49. The summed E-state index contributed by atoms with van der Waals surface area (Å²) in [6.45, 7) is 20.0. The van der Waals surface area contributed by atoms with Gasteiger partial charge in [-0.3, -0.25) is 43.3 Å². The van der Waals surface area contributed by atoms with E-state index < -0.39 is 88.2 Å². The van der Waals surface area contributed by atoms with Crippen LogP contribution < -0.4 is 27.4 Å². The van der Waals surface area contributed by atoms with Crippen LogP contribution in [0.5, 0.6) is 0 Å². The van der Waals surface area contributed by atoms with Gasteiger partial charge in [0.1, 0.15) is 34.6 Å². The summed E-state index contributed by atoms with van der Waals surface area (Å²) in [5, 5.41) is 24.5. The highest BCUT2D eigenvalue weighted by Gasteiger charge is 2.50. The number of hydrogen-bond acceptors (Lipinski definition) is 15. The Hall–Kier alpha value is -10.3. The van der Waals surface area contributed by atoms with E-state index in [0.29, 0.717) is 37.3 Å². The monoisotopic (exact) mass is 1390 g/mol. The van der Waals surface area contributed by atoms with Crippen LogP contribution >= 0.6 is 12.4 Å². The maximum absolute atomic E-state index is 15.2. The zero-order valence-electron chi connectivity index (χ0n) is 53.5. The summed E-state index contributed by atoms with van der Waals surface area (Å²) in [7, 11) is 3.87. The molecule has 0 saturated heterocycles. The molecule has 5 aromatic rings. The zero-order valence-corrected chi connectivity index (χ0v) is 54.3. The fraction of sp³-hybridized carbons (Fsp3) is 0.364. The number of benzene rings is 5. The molecule has 5 aromatic carbocycles. The van der Waals surface area contributed by atoms with Crippen LogP contribution in [0.3, 0.4) is 0 Å². The molecule has 4 amide bonds. The van der Waals surface area contributed by atoms with Crippen LogP contribution in [0.15, 0.2) is 102 Å². The Morgan fingerprint density at radius 2 is 1.05 bits per heavy atom. The number of ether oxygens (including phenoxy) is 3. The number of carboxylic acids is 2. The maximum atomic E-state index is 15.2. The minimum atomic E-state index is -4.59. The van der Waals surface area contributed by atoms with E-state index in [2.05, 4.69) is 60.6 Å². The van der Waals surface area contributed by atoms with Gasteiger partial charge >= 0.3 is 36.0 Å². The second kappa shape index (κ2) is 39.5. The number of halogens is 8. The number of esters is 3. The third-order valence-electron chi connectivity index (χ3n) is 14.5. The lowest BCUT2D eigenvalue weighted by atomic mass is 9.69. The van der Waals surface area contributed by atoms with Gasteiger partial charge in [0.25, 0.3) is 23.6 Å². The van der Waals surface area contributed by atoms with Crippen LogP contribution in [0.25, 0.3) is 9.69 Å². The van der Waals surface area contributed by atoms with Gasteiger partial charge in [-0.1, -0.05) is 69.3 Å². The number of hydrogen-bond donors (Lipinski definition) is 7. The number of methoxy groups -OCH3 is 3. The molecular formula is C66H75ClF7N9O14. The second-order valence-corrected chi connectivity index (χ2v) is 21.9. The van der Waals surface area contributed by atoms with Gasteiger partial charge in [0.2, 0.25) is 11.4 Å². The van der Waals surface area contributed by atoms with E-state index in [1.807, 2.05) is 0 Å². The van der Waals surface area contributed by atoms with Crippen molar-refractivity contribution in [2.45, 2.75) is 97.1 Å². The van der Waals surface area contributed by atoms with Gasteiger partial charge in [0, 0.05) is 67.5 Å². The zero-order chi connectivity index (χ0) is 72.1. The van der Waals surface area contributed by atoms with Gasteiger partial charge in [-0.05, 0) is 85.5 Å². The topological polar surface area (TPSA) is 334 Å². The molecule has 31 heteroatoms. The number of carbonyl (C=O) groups is 9. The second-order valence-electron chi connectivity index (χ2n) is 21.9. The number of carboxylic acid groups (broad SMARTS) is 2. The van der Waals surface area contributed by atoms with Crippen molar-refractivity contribution in [3.05, 3.63) is 188 Å². The standard InChI is InChI=1S/C30H33F4N3O4.C12H11FN2O3.C12H15FN2O3.C8H4FNO2.C4H9NO2.ClH.H2/c1-28(2,3)21-9-12-29(13-10-21)36-25(18-5-4-6-22(15-18)30(32,33)34)27(41)37(29)17-20-8-7-19(16-23(20)31)26(40)35-14-11-24(38)39;1-14-10-4-3-8(7-9(10)13)12(17)15-6-5-11(16)18-2;1-18-11(16)4-5-15-12(17)8-2-3-9(7-14)10(13)6-8;1-10-7-3-2-5(8(11)12)4-6(7)9;1-7-4(6)2-3-5;;/h4-8,15-16,21H,9-14,17H2,1-3H3,(H,35,40)(H,38,39);3-4,7H,5-6H2,2H3,(H,15,17);2-3,6H,4-5,7,14H2,1H3,(H,15,17);2-4H,(H,11,12);2-3,5H2,1H3;2*1H. The largest absolute Gasteiger partial charge is 0.481 e. The number of aliphatic imine (C=N–C) groups is 1. The number of carbonyl (C=O) groups excluding carboxylic acids is 7. The quantitative estimate of drug-likeness (QED) is 0.0175. The molecule has 23 nitrogen and oxygen atoms in total. The summed E-state index contributed by atoms with van der Waals surface area (Å²) in [6.07, 6.45) is -1.99. The number of nitrogens with two attached hydrogens (primary N) is 2. The number of alkyl halides is 3. The predicted molar refractivity (Wildman–Crippen MR) is 343 cm³/mol. The molecule has 0 aromatic heterocycles. The first-order valence-electron chi connectivity index (χ1n) is 29.1. The average Bonchev–Trinajstić information content (AvgIpc) is 1.59. The van der Waals surface area contributed by atoms with E-state index in [1.54, 1.807) is 0 Å². The lowest BCUT2D eigenvalue weighted by Gasteiger charge is -2.44. The van der Waals surface area contributed by atoms with Crippen LogP contribution in [0.1, 0.15) is 137 Å². The normalized spacial score (nSPS) is 14.3. The molecule has 0 atom stereocenters. The third-order valence-corrected chi connectivity index (χ3v) is 14.5. The third kappa shape index (κ3) is 26.1. The van der Waals surface area contributed by atoms with Crippen LogP contribution in [0.2, 0.25) is 0 Å². The first kappa shape index (κ1) is 82.8. The molecule has 0 radical (unpaired) electrons. The Balaban J connectivity index is 0.000000699. The fourth-order valence-corrected chi connectivity index (χ4v) is 9.09. The van der Waals surface area contributed by atoms with Crippen molar-refractivity contribution in [2.75, 3.05) is 47.5 Å². The molecule has 0 bridgehead atoms. The van der Waals surface area contributed by atoms with E-state index in [4.69, 9.17) is 39.8 Å². The molecule has 1 fully saturated rings. The first-order chi connectivity index (χ1) is 45.2. The van der Waals surface area contributed by atoms with Crippen molar-refractivity contribution in [2.24, 2.45) is 27.8 Å². The van der Waals surface area contributed by atoms with Gasteiger partial charge < -0.3 is 56.7 Å². The van der Waals surface area contributed by atoms with Crippen molar-refractivity contribution in [1.29, 1.82) is 0 Å². The highest BCUT2D eigenvalue weighted by molar-refractivity contribution is 6.46. The maximum Gasteiger partial charge on any atom is 0.416 e. The SMILES string of the molecule is CC(C)(C)C1CCC2(CC1)N=C(c1cccc(C(F)(F)F)c1)C(=O)N2Cc1ccc(C(=O)NCCC(=O)O)cc1F.COC(=O)CCN.COC(=O)CCNC(=O)c1ccc(CN)c(F)c1.Cl.[C-]#[N+]c1ccc(C(=O)NCCC(=O)OC)cc1F.[C-]#[N+]c1ccc(C(=O)O)cc1F.[HH]. The molecule has 1 saturated carbocycles. The number of aromatic carboxylic acids is 1. The number of aliphatic carboxylic acids is 1. The van der Waals surface area contributed by atoms with Crippen LogP contribution in [-0.4, -0.2) is 127 Å². The smallest absolute Gasteiger partial charge is 0.416 e. The van der Waals surface area contributed by atoms with Gasteiger partial charge in [0.05, 0.1) is 77.8 Å². The van der Waals surface area contributed by atoms with Gasteiger partial charge in [-0.2, -0.15) is 13.2 Å². The summed E-state index contributed by atoms with van der Waals surface area (Å²) in [5.41, 5.74) is 8.69. The Bertz CT molecular complexity index is 3740. The van der Waals surface area contributed by atoms with Gasteiger partial charge in [-0.15, -0.1) is 12.4 Å². The summed E-state index contributed by atoms with van der Waals surface area (Å²) < 4.78 is 108. The first-order valence-corrected chi connectivity index (χ1v) is 29.1.